The number of terminal acetylenes is 1. The van der Waals surface area contributed by atoms with Crippen LogP contribution in [0, 0.1) is 18.3 Å². The van der Waals surface area contributed by atoms with Crippen LogP contribution in [0.25, 0.3) is 0 Å². The van der Waals surface area contributed by atoms with Crippen molar-refractivity contribution in [1.29, 1.82) is 0 Å². The fourth-order valence-electron chi connectivity index (χ4n) is 2.20. The second-order valence-electron chi connectivity index (χ2n) is 5.34. The molecule has 1 saturated carbocycles. The number of hydrogen-bond donors (Lipinski definition) is 0. The van der Waals surface area contributed by atoms with Gasteiger partial charge in [-0.05, 0) is 42.9 Å². The minimum Gasteiger partial charge on any atom is -0.207 e. The van der Waals surface area contributed by atoms with Crippen molar-refractivity contribution in [3.8, 4) is 12.3 Å². The number of aryl methyl sites for hydroxylation is 1. The van der Waals surface area contributed by atoms with Gasteiger partial charge in [-0.25, -0.2) is 8.42 Å². The van der Waals surface area contributed by atoms with Crippen molar-refractivity contribution < 1.29 is 8.42 Å². The smallest absolute Gasteiger partial charge is 0.207 e. The highest BCUT2D eigenvalue weighted by Crippen LogP contribution is 2.31. The summed E-state index contributed by atoms with van der Waals surface area (Å²) < 4.78 is 26.6. The summed E-state index contributed by atoms with van der Waals surface area (Å²) in [4.78, 5) is 0.341. The zero-order chi connectivity index (χ0) is 14.6. The molecule has 1 fully saturated rings. The summed E-state index contributed by atoms with van der Waals surface area (Å²) in [5, 5.41) is 0. The molecular weight excluding hydrogens is 270 g/mol. The zero-order valence-electron chi connectivity index (χ0n) is 11.9. The lowest BCUT2D eigenvalue weighted by Crippen LogP contribution is -2.33. The van der Waals surface area contributed by atoms with E-state index >= 15 is 0 Å². The highest BCUT2D eigenvalue weighted by molar-refractivity contribution is 7.89. The molecule has 1 aromatic rings. The number of sulfonamides is 1. The Bertz CT molecular complexity index is 580. The van der Waals surface area contributed by atoms with Crippen LogP contribution in [0.4, 0.5) is 0 Å². The fraction of sp³-hybridized carbons (Fsp3) is 0.500. The van der Waals surface area contributed by atoms with Gasteiger partial charge >= 0.3 is 0 Å². The Hall–Kier alpha value is -1.31. The number of rotatable bonds is 7. The number of hydrogen-bond acceptors (Lipinski definition) is 2. The Balaban J connectivity index is 2.19. The number of nitrogens with zero attached hydrogens (tertiary/aromatic N) is 1. The van der Waals surface area contributed by atoms with Crippen molar-refractivity contribution in [3.05, 3.63) is 29.8 Å². The van der Waals surface area contributed by atoms with E-state index in [0.29, 0.717) is 17.4 Å². The van der Waals surface area contributed by atoms with E-state index in [9.17, 15) is 8.42 Å². The summed E-state index contributed by atoms with van der Waals surface area (Å²) in [5.41, 5.74) is 1.16. The predicted molar refractivity (Wildman–Crippen MR) is 80.8 cm³/mol. The second-order valence-corrected chi connectivity index (χ2v) is 7.28. The van der Waals surface area contributed by atoms with Crippen LogP contribution in [0.15, 0.2) is 29.2 Å². The lowest BCUT2D eigenvalue weighted by atomic mass is 10.1. The third kappa shape index (κ3) is 3.62. The molecular formula is C16H21NO2S. The molecule has 0 aromatic heterocycles. The molecule has 0 spiro atoms. The van der Waals surface area contributed by atoms with Gasteiger partial charge in [0.25, 0.3) is 0 Å². The molecule has 0 saturated heterocycles. The minimum atomic E-state index is -3.46. The van der Waals surface area contributed by atoms with E-state index in [1.54, 1.807) is 12.1 Å². The molecule has 108 valence electrons. The molecule has 3 nitrogen and oxygen atoms in total. The van der Waals surface area contributed by atoms with Crippen LogP contribution in [0.5, 0.6) is 0 Å². The fourth-order valence-corrected chi connectivity index (χ4v) is 3.63. The first-order valence-electron chi connectivity index (χ1n) is 7.10. The van der Waals surface area contributed by atoms with Gasteiger partial charge in [-0.2, -0.15) is 4.31 Å². The molecule has 20 heavy (non-hydrogen) atoms. The number of benzene rings is 1. The van der Waals surface area contributed by atoms with Gasteiger partial charge in [0.1, 0.15) is 0 Å². The Morgan fingerprint density at radius 1 is 1.30 bits per heavy atom. The Labute approximate surface area is 122 Å². The van der Waals surface area contributed by atoms with Crippen LogP contribution in [-0.4, -0.2) is 25.8 Å². The highest BCUT2D eigenvalue weighted by Gasteiger charge is 2.31. The molecule has 0 aliphatic heterocycles. The van der Waals surface area contributed by atoms with Gasteiger partial charge < -0.3 is 0 Å². The van der Waals surface area contributed by atoms with E-state index in [2.05, 4.69) is 12.8 Å². The van der Waals surface area contributed by atoms with Crippen LogP contribution < -0.4 is 0 Å². The van der Waals surface area contributed by atoms with Crippen molar-refractivity contribution in [2.75, 3.05) is 13.1 Å². The summed E-state index contributed by atoms with van der Waals surface area (Å²) in [6, 6.07) is 7.16. The minimum absolute atomic E-state index is 0.148. The van der Waals surface area contributed by atoms with E-state index in [-0.39, 0.29) is 6.54 Å². The monoisotopic (exact) mass is 291 g/mol. The van der Waals surface area contributed by atoms with Gasteiger partial charge in [0.2, 0.25) is 10.0 Å². The van der Waals surface area contributed by atoms with Crippen molar-refractivity contribution in [2.45, 2.75) is 37.5 Å². The molecule has 0 amide bonds. The lowest BCUT2D eigenvalue weighted by Gasteiger charge is -2.19. The summed E-state index contributed by atoms with van der Waals surface area (Å²) >= 11 is 0. The molecule has 1 aliphatic carbocycles. The first-order valence-corrected chi connectivity index (χ1v) is 8.54. The van der Waals surface area contributed by atoms with E-state index in [4.69, 9.17) is 6.42 Å². The van der Waals surface area contributed by atoms with Gasteiger partial charge in [-0.3, -0.25) is 0 Å². The van der Waals surface area contributed by atoms with E-state index in [1.165, 1.54) is 4.31 Å². The maximum atomic E-state index is 12.6. The average molecular weight is 291 g/mol. The topological polar surface area (TPSA) is 37.4 Å². The molecule has 0 atom stereocenters. The first-order chi connectivity index (χ1) is 9.57. The molecule has 0 radical (unpaired) electrons. The molecule has 2 rings (SSSR count). The van der Waals surface area contributed by atoms with Crippen LogP contribution in [0.3, 0.4) is 0 Å². The molecule has 0 bridgehead atoms. The van der Waals surface area contributed by atoms with E-state index in [1.807, 2.05) is 12.1 Å². The Kier molecular flexibility index (Phi) is 4.85. The SMILES string of the molecule is C#CCN(CC1CC1)S(=O)(=O)c1ccc(CCC)cc1. The van der Waals surface area contributed by atoms with Crippen molar-refractivity contribution in [3.63, 3.8) is 0 Å². The van der Waals surface area contributed by atoms with E-state index < -0.39 is 10.0 Å². The van der Waals surface area contributed by atoms with E-state index in [0.717, 1.165) is 31.2 Å². The molecule has 0 heterocycles. The van der Waals surface area contributed by atoms with Crippen LogP contribution in [0.2, 0.25) is 0 Å². The first kappa shape index (κ1) is 15.1. The van der Waals surface area contributed by atoms with Gasteiger partial charge in [-0.15, -0.1) is 6.42 Å². The summed E-state index contributed by atoms with van der Waals surface area (Å²) in [5.74, 6) is 2.94. The van der Waals surface area contributed by atoms with Gasteiger partial charge in [0, 0.05) is 6.54 Å². The highest BCUT2D eigenvalue weighted by atomic mass is 32.2. The maximum Gasteiger partial charge on any atom is 0.243 e. The summed E-state index contributed by atoms with van der Waals surface area (Å²) in [6.45, 7) is 2.80. The third-order valence-corrected chi connectivity index (χ3v) is 5.35. The molecule has 4 heteroatoms. The van der Waals surface area contributed by atoms with Crippen LogP contribution in [0.1, 0.15) is 31.7 Å². The zero-order valence-corrected chi connectivity index (χ0v) is 12.7. The molecule has 0 unspecified atom stereocenters. The van der Waals surface area contributed by atoms with Crippen LogP contribution in [-0.2, 0) is 16.4 Å². The predicted octanol–water partition coefficient (Wildman–Crippen LogP) is 2.67. The van der Waals surface area contributed by atoms with Gasteiger partial charge in [0.15, 0.2) is 0 Å². The molecule has 0 N–H and O–H groups in total. The van der Waals surface area contributed by atoms with Crippen molar-refractivity contribution >= 4 is 10.0 Å². The molecule has 1 aliphatic rings. The Morgan fingerprint density at radius 3 is 2.45 bits per heavy atom. The van der Waals surface area contributed by atoms with Crippen molar-refractivity contribution in [1.82, 2.24) is 4.31 Å². The second kappa shape index (κ2) is 6.43. The standard InChI is InChI=1S/C16H21NO2S/c1-3-5-14-8-10-16(11-9-14)20(18,19)17(12-4-2)13-15-6-7-15/h2,8-11,15H,3,5-7,12-13H2,1H3. The third-order valence-electron chi connectivity index (χ3n) is 3.53. The quantitative estimate of drug-likeness (QED) is 0.724. The van der Waals surface area contributed by atoms with Crippen molar-refractivity contribution in [2.24, 2.45) is 5.92 Å². The Morgan fingerprint density at radius 2 is 1.95 bits per heavy atom. The normalized spacial score (nSPS) is 15.2. The maximum absolute atomic E-state index is 12.6. The largest absolute Gasteiger partial charge is 0.243 e. The van der Waals surface area contributed by atoms with Gasteiger partial charge in [-0.1, -0.05) is 31.4 Å². The van der Waals surface area contributed by atoms with Crippen LogP contribution >= 0.6 is 0 Å². The molecule has 1 aromatic carbocycles. The van der Waals surface area contributed by atoms with Gasteiger partial charge in [0.05, 0.1) is 11.4 Å². The average Bonchev–Trinajstić information content (AvgIpc) is 3.23. The summed E-state index contributed by atoms with van der Waals surface area (Å²) in [6.07, 6.45) is 9.54. The summed E-state index contributed by atoms with van der Waals surface area (Å²) in [7, 11) is -3.46. The lowest BCUT2D eigenvalue weighted by molar-refractivity contribution is 0.430.